The summed E-state index contributed by atoms with van der Waals surface area (Å²) in [5.74, 6) is 0.563. The van der Waals surface area contributed by atoms with Crippen LogP contribution in [0, 0.1) is 19.8 Å². The zero-order valence-corrected chi connectivity index (χ0v) is 15.8. The van der Waals surface area contributed by atoms with E-state index >= 15 is 0 Å². The highest BCUT2D eigenvalue weighted by atomic mass is 32.2. The molecule has 23 heavy (non-hydrogen) atoms. The summed E-state index contributed by atoms with van der Waals surface area (Å²) in [7, 11) is -7.16. The average molecular weight is 367 g/mol. The summed E-state index contributed by atoms with van der Waals surface area (Å²) in [6.45, 7) is 7.48. The van der Waals surface area contributed by atoms with Crippen molar-refractivity contribution in [3.63, 3.8) is 0 Å². The Kier molecular flexibility index (Phi) is 6.75. The van der Waals surface area contributed by atoms with Gasteiger partial charge >= 0.3 is 0 Å². The van der Waals surface area contributed by atoms with Gasteiger partial charge in [0.25, 0.3) is 0 Å². The topological polar surface area (TPSA) is 110 Å². The van der Waals surface area contributed by atoms with Crippen LogP contribution in [0.2, 0.25) is 0 Å². The molecule has 1 N–H and O–H groups in total. The van der Waals surface area contributed by atoms with Crippen LogP contribution in [0.25, 0.3) is 0 Å². The van der Waals surface area contributed by atoms with Gasteiger partial charge in [0, 0.05) is 19.6 Å². The first kappa shape index (κ1) is 20.1. The van der Waals surface area contributed by atoms with Gasteiger partial charge in [-0.05, 0) is 26.2 Å². The molecule has 8 nitrogen and oxygen atoms in total. The molecule has 0 amide bonds. The zero-order valence-electron chi connectivity index (χ0n) is 14.2. The minimum atomic E-state index is -3.78. The van der Waals surface area contributed by atoms with Crippen molar-refractivity contribution in [1.29, 1.82) is 0 Å². The number of rotatable bonds is 9. The Morgan fingerprint density at radius 2 is 1.78 bits per heavy atom. The SMILES string of the molecule is Cc1noc(C)c1S(=O)(=O)NCCN(CCC(C)C)S(C)(=O)=O. The Bertz CT molecular complexity index is 703. The van der Waals surface area contributed by atoms with Crippen LogP contribution < -0.4 is 4.72 Å². The molecule has 10 heteroatoms. The first-order valence-corrected chi connectivity index (χ1v) is 10.7. The number of sulfonamides is 2. The molecule has 0 aliphatic rings. The molecule has 0 bridgehead atoms. The summed E-state index contributed by atoms with van der Waals surface area (Å²) in [4.78, 5) is 0.00517. The predicted molar refractivity (Wildman–Crippen MR) is 87.0 cm³/mol. The lowest BCUT2D eigenvalue weighted by Gasteiger charge is -2.21. The van der Waals surface area contributed by atoms with E-state index < -0.39 is 20.0 Å². The van der Waals surface area contributed by atoms with E-state index in [2.05, 4.69) is 9.88 Å². The summed E-state index contributed by atoms with van der Waals surface area (Å²) in [6.07, 6.45) is 1.83. The highest BCUT2D eigenvalue weighted by molar-refractivity contribution is 7.89. The molecule has 0 saturated carbocycles. The first-order chi connectivity index (χ1) is 10.4. The van der Waals surface area contributed by atoms with E-state index in [1.54, 1.807) is 0 Å². The smallest absolute Gasteiger partial charge is 0.246 e. The van der Waals surface area contributed by atoms with Crippen LogP contribution in [0.5, 0.6) is 0 Å². The molecular formula is C13H25N3O5S2. The molecule has 1 aromatic rings. The monoisotopic (exact) mass is 367 g/mol. The molecule has 0 unspecified atom stereocenters. The van der Waals surface area contributed by atoms with Crippen molar-refractivity contribution in [2.75, 3.05) is 25.9 Å². The van der Waals surface area contributed by atoms with E-state index in [4.69, 9.17) is 4.52 Å². The number of hydrogen-bond acceptors (Lipinski definition) is 6. The molecule has 1 heterocycles. The van der Waals surface area contributed by atoms with E-state index in [1.165, 1.54) is 18.2 Å². The maximum Gasteiger partial charge on any atom is 0.246 e. The molecule has 0 aliphatic heterocycles. The maximum absolute atomic E-state index is 12.3. The van der Waals surface area contributed by atoms with Crippen molar-refractivity contribution in [2.45, 2.75) is 39.0 Å². The molecule has 0 aromatic carbocycles. The number of hydrogen-bond donors (Lipinski definition) is 1. The second-order valence-electron chi connectivity index (χ2n) is 5.90. The molecule has 1 aromatic heterocycles. The summed E-state index contributed by atoms with van der Waals surface area (Å²) in [5.41, 5.74) is 0.273. The van der Waals surface area contributed by atoms with Gasteiger partial charge in [-0.15, -0.1) is 0 Å². The molecule has 134 valence electrons. The number of aromatic nitrogens is 1. The highest BCUT2D eigenvalue weighted by Gasteiger charge is 2.24. The van der Waals surface area contributed by atoms with Crippen molar-refractivity contribution in [2.24, 2.45) is 5.92 Å². The lowest BCUT2D eigenvalue weighted by Crippen LogP contribution is -2.39. The summed E-state index contributed by atoms with van der Waals surface area (Å²) >= 11 is 0. The standard InChI is InChI=1S/C13H25N3O5S2/c1-10(2)6-8-16(22(5,17)18)9-7-14-23(19,20)13-11(3)15-21-12(13)4/h10,14H,6-9H2,1-5H3. The second kappa shape index (κ2) is 7.73. The first-order valence-electron chi connectivity index (χ1n) is 7.33. The van der Waals surface area contributed by atoms with E-state index in [1.807, 2.05) is 13.8 Å². The zero-order chi connectivity index (χ0) is 17.8. The van der Waals surface area contributed by atoms with Crippen LogP contribution in [0.15, 0.2) is 9.42 Å². The van der Waals surface area contributed by atoms with Crippen molar-refractivity contribution >= 4 is 20.0 Å². The van der Waals surface area contributed by atoms with Gasteiger partial charge in [-0.3, -0.25) is 0 Å². The Balaban J connectivity index is 2.73. The summed E-state index contributed by atoms with van der Waals surface area (Å²) in [5, 5.41) is 3.61. The number of nitrogens with zero attached hydrogens (tertiary/aromatic N) is 2. The molecule has 0 atom stereocenters. The molecular weight excluding hydrogens is 342 g/mol. The van der Waals surface area contributed by atoms with Crippen LogP contribution in [0.4, 0.5) is 0 Å². The van der Waals surface area contributed by atoms with E-state index in [-0.39, 0.29) is 29.4 Å². The summed E-state index contributed by atoms with van der Waals surface area (Å²) in [6, 6.07) is 0. The third kappa shape index (κ3) is 5.87. The van der Waals surface area contributed by atoms with Gasteiger partial charge in [0.15, 0.2) is 5.76 Å². The molecule has 0 radical (unpaired) electrons. The van der Waals surface area contributed by atoms with Crippen molar-refractivity contribution in [3.8, 4) is 0 Å². The normalized spacial score (nSPS) is 13.2. The Morgan fingerprint density at radius 3 is 2.22 bits per heavy atom. The maximum atomic E-state index is 12.3. The minimum absolute atomic E-state index is 0.00517. The van der Waals surface area contributed by atoms with E-state index in [9.17, 15) is 16.8 Å². The van der Waals surface area contributed by atoms with Crippen LogP contribution in [0.3, 0.4) is 0 Å². The molecule has 0 fully saturated rings. The lowest BCUT2D eigenvalue weighted by atomic mass is 10.1. The van der Waals surface area contributed by atoms with Crippen molar-refractivity contribution in [3.05, 3.63) is 11.5 Å². The van der Waals surface area contributed by atoms with Crippen molar-refractivity contribution < 1.29 is 21.4 Å². The fourth-order valence-corrected chi connectivity index (χ4v) is 4.29. The number of nitrogens with one attached hydrogen (secondary N) is 1. The largest absolute Gasteiger partial charge is 0.360 e. The molecule has 0 saturated heterocycles. The average Bonchev–Trinajstić information content (AvgIpc) is 2.71. The van der Waals surface area contributed by atoms with Gasteiger partial charge in [-0.25, -0.2) is 25.9 Å². The third-order valence-corrected chi connectivity index (χ3v) is 6.32. The molecule has 1 rings (SSSR count). The van der Waals surface area contributed by atoms with Gasteiger partial charge < -0.3 is 4.52 Å². The van der Waals surface area contributed by atoms with Gasteiger partial charge in [-0.1, -0.05) is 19.0 Å². The van der Waals surface area contributed by atoms with Crippen molar-refractivity contribution in [1.82, 2.24) is 14.2 Å². The Morgan fingerprint density at radius 1 is 1.17 bits per heavy atom. The van der Waals surface area contributed by atoms with Crippen LogP contribution in [-0.2, 0) is 20.0 Å². The van der Waals surface area contributed by atoms with Gasteiger partial charge in [0.1, 0.15) is 10.6 Å². The van der Waals surface area contributed by atoms with Gasteiger partial charge in [0.2, 0.25) is 20.0 Å². The minimum Gasteiger partial charge on any atom is -0.360 e. The van der Waals surface area contributed by atoms with Crippen LogP contribution in [-0.4, -0.2) is 52.2 Å². The fourth-order valence-electron chi connectivity index (χ4n) is 2.08. The summed E-state index contributed by atoms with van der Waals surface area (Å²) < 4.78 is 56.6. The third-order valence-electron chi connectivity index (χ3n) is 3.31. The molecule has 0 spiro atoms. The quantitative estimate of drug-likeness (QED) is 0.694. The Labute approximate surface area is 138 Å². The van der Waals surface area contributed by atoms with E-state index in [0.717, 1.165) is 6.26 Å². The molecule has 0 aliphatic carbocycles. The lowest BCUT2D eigenvalue weighted by molar-refractivity contribution is 0.384. The van der Waals surface area contributed by atoms with Gasteiger partial charge in [-0.2, -0.15) is 0 Å². The fraction of sp³-hybridized carbons (Fsp3) is 0.769. The predicted octanol–water partition coefficient (Wildman–Crippen LogP) is 0.877. The van der Waals surface area contributed by atoms with Crippen LogP contribution >= 0.6 is 0 Å². The van der Waals surface area contributed by atoms with Crippen LogP contribution in [0.1, 0.15) is 31.7 Å². The second-order valence-corrected chi connectivity index (χ2v) is 9.58. The van der Waals surface area contributed by atoms with Gasteiger partial charge in [0.05, 0.1) is 6.26 Å². The van der Waals surface area contributed by atoms with E-state index in [0.29, 0.717) is 18.9 Å². The number of aryl methyl sites for hydroxylation is 2. The Hall–Kier alpha value is -0.970. The highest BCUT2D eigenvalue weighted by Crippen LogP contribution is 2.18.